The van der Waals surface area contributed by atoms with Crippen LogP contribution in [0.5, 0.6) is 0 Å². The largest absolute Gasteiger partial charge is 0.450 e. The molecule has 1 aliphatic rings. The van der Waals surface area contributed by atoms with Gasteiger partial charge in [0, 0.05) is 6.04 Å². The van der Waals surface area contributed by atoms with Gasteiger partial charge in [-0.25, -0.2) is 4.79 Å². The smallest absolute Gasteiger partial charge is 0.407 e. The molecule has 0 saturated heterocycles. The maximum Gasteiger partial charge on any atom is 0.407 e. The van der Waals surface area contributed by atoms with Crippen molar-refractivity contribution in [3.63, 3.8) is 0 Å². The van der Waals surface area contributed by atoms with E-state index in [4.69, 9.17) is 4.74 Å². The Balaban J connectivity index is 2.11. The lowest BCUT2D eigenvalue weighted by atomic mass is 9.74. The molecule has 13 heavy (non-hydrogen) atoms. The summed E-state index contributed by atoms with van der Waals surface area (Å²) < 4.78 is 4.79. The Bertz CT molecular complexity index is 174. The van der Waals surface area contributed by atoms with Gasteiger partial charge >= 0.3 is 6.09 Å². The minimum absolute atomic E-state index is 0.269. The van der Waals surface area contributed by atoms with Crippen molar-refractivity contribution in [3.8, 4) is 0 Å². The Hall–Kier alpha value is -0.730. The van der Waals surface area contributed by atoms with Crippen molar-refractivity contribution in [1.82, 2.24) is 5.32 Å². The molecular weight excluding hydrogens is 166 g/mol. The van der Waals surface area contributed by atoms with E-state index in [9.17, 15) is 4.79 Å². The monoisotopic (exact) mass is 185 g/mol. The number of carbonyl (C=O) groups excluding carboxylic acids is 1. The topological polar surface area (TPSA) is 38.3 Å². The Labute approximate surface area is 79.8 Å². The van der Waals surface area contributed by atoms with Crippen LogP contribution in [0, 0.1) is 11.8 Å². The van der Waals surface area contributed by atoms with Crippen molar-refractivity contribution in [2.45, 2.75) is 39.7 Å². The van der Waals surface area contributed by atoms with Crippen LogP contribution in [0.3, 0.4) is 0 Å². The van der Waals surface area contributed by atoms with Gasteiger partial charge < -0.3 is 10.1 Å². The number of alkyl carbamates (subject to hydrolysis) is 1. The Morgan fingerprint density at radius 2 is 2.15 bits per heavy atom. The summed E-state index contributed by atoms with van der Waals surface area (Å²) in [5.74, 6) is 1.52. The number of rotatable bonds is 3. The molecule has 0 aromatic heterocycles. The van der Waals surface area contributed by atoms with E-state index in [0.29, 0.717) is 12.6 Å². The highest BCUT2D eigenvalue weighted by atomic mass is 16.5. The molecule has 0 radical (unpaired) electrons. The Kier molecular flexibility index (Phi) is 3.58. The first-order valence-corrected chi connectivity index (χ1v) is 5.06. The molecule has 1 fully saturated rings. The molecule has 0 aromatic rings. The van der Waals surface area contributed by atoms with Gasteiger partial charge in [0.2, 0.25) is 0 Å². The molecule has 0 spiro atoms. The van der Waals surface area contributed by atoms with Crippen molar-refractivity contribution < 1.29 is 9.53 Å². The van der Waals surface area contributed by atoms with Gasteiger partial charge in [0.05, 0.1) is 6.61 Å². The lowest BCUT2D eigenvalue weighted by molar-refractivity contribution is 0.121. The fraction of sp³-hybridized carbons (Fsp3) is 0.900. The number of ether oxygens (including phenoxy) is 1. The first kappa shape index (κ1) is 10.4. The van der Waals surface area contributed by atoms with Crippen molar-refractivity contribution in [1.29, 1.82) is 0 Å². The summed E-state index contributed by atoms with van der Waals surface area (Å²) in [6, 6.07) is 0.353. The van der Waals surface area contributed by atoms with Crippen LogP contribution in [-0.2, 0) is 4.74 Å². The van der Waals surface area contributed by atoms with Gasteiger partial charge in [0.1, 0.15) is 0 Å². The van der Waals surface area contributed by atoms with Gasteiger partial charge in [-0.15, -0.1) is 0 Å². The van der Waals surface area contributed by atoms with E-state index in [1.165, 1.54) is 0 Å². The fourth-order valence-corrected chi connectivity index (χ4v) is 1.66. The average Bonchev–Trinajstić information content (AvgIpc) is 1.95. The third kappa shape index (κ3) is 2.90. The minimum Gasteiger partial charge on any atom is -0.450 e. The van der Waals surface area contributed by atoms with Gasteiger partial charge in [0.15, 0.2) is 0 Å². The van der Waals surface area contributed by atoms with Gasteiger partial charge in [-0.1, -0.05) is 13.8 Å². The highest BCUT2D eigenvalue weighted by Gasteiger charge is 2.32. The zero-order valence-electron chi connectivity index (χ0n) is 8.67. The van der Waals surface area contributed by atoms with E-state index in [-0.39, 0.29) is 6.09 Å². The fourth-order valence-electron chi connectivity index (χ4n) is 1.66. The number of hydrogen-bond donors (Lipinski definition) is 1. The zero-order valence-corrected chi connectivity index (χ0v) is 8.67. The third-order valence-corrected chi connectivity index (χ3v) is 2.71. The van der Waals surface area contributed by atoms with Crippen LogP contribution < -0.4 is 5.32 Å². The molecule has 1 rings (SSSR count). The molecule has 0 bridgehead atoms. The van der Waals surface area contributed by atoms with Crippen molar-refractivity contribution in [2.24, 2.45) is 11.8 Å². The van der Waals surface area contributed by atoms with Crippen molar-refractivity contribution in [3.05, 3.63) is 0 Å². The number of carbonyl (C=O) groups is 1. The van der Waals surface area contributed by atoms with E-state index >= 15 is 0 Å². The van der Waals surface area contributed by atoms with Crippen LogP contribution in [-0.4, -0.2) is 18.7 Å². The van der Waals surface area contributed by atoms with E-state index < -0.39 is 0 Å². The molecule has 1 aliphatic carbocycles. The summed E-state index contributed by atoms with van der Waals surface area (Å²) in [6.45, 7) is 6.72. The second kappa shape index (κ2) is 4.49. The highest BCUT2D eigenvalue weighted by Crippen LogP contribution is 2.33. The van der Waals surface area contributed by atoms with Gasteiger partial charge in [0.25, 0.3) is 0 Å². The summed E-state index contributed by atoms with van der Waals surface area (Å²) in [4.78, 5) is 11.0. The lowest BCUT2D eigenvalue weighted by Crippen LogP contribution is -2.45. The summed E-state index contributed by atoms with van der Waals surface area (Å²) in [5.41, 5.74) is 0. The van der Waals surface area contributed by atoms with E-state index in [2.05, 4.69) is 19.2 Å². The lowest BCUT2D eigenvalue weighted by Gasteiger charge is -2.38. The number of amides is 1. The van der Waals surface area contributed by atoms with E-state index in [1.54, 1.807) is 0 Å². The second-order valence-electron chi connectivity index (χ2n) is 4.04. The van der Waals surface area contributed by atoms with Crippen molar-refractivity contribution in [2.75, 3.05) is 6.61 Å². The molecule has 3 nitrogen and oxygen atoms in total. The highest BCUT2D eigenvalue weighted by molar-refractivity contribution is 5.67. The predicted octanol–water partition coefficient (Wildman–Crippen LogP) is 2.17. The summed E-state index contributed by atoms with van der Waals surface area (Å²) in [7, 11) is 0. The van der Waals surface area contributed by atoms with E-state index in [0.717, 1.165) is 24.7 Å². The van der Waals surface area contributed by atoms with Crippen LogP contribution in [0.15, 0.2) is 0 Å². The summed E-state index contributed by atoms with van der Waals surface area (Å²) in [5, 5.41) is 2.84. The predicted molar refractivity (Wildman–Crippen MR) is 51.5 cm³/mol. The van der Waals surface area contributed by atoms with Gasteiger partial charge in [-0.2, -0.15) is 0 Å². The van der Waals surface area contributed by atoms with Crippen LogP contribution in [0.25, 0.3) is 0 Å². The van der Waals surface area contributed by atoms with Crippen LogP contribution >= 0.6 is 0 Å². The Morgan fingerprint density at radius 1 is 1.54 bits per heavy atom. The number of nitrogens with one attached hydrogen (secondary N) is 1. The molecule has 0 aromatic carbocycles. The number of hydrogen-bond acceptors (Lipinski definition) is 2. The molecular formula is C10H19NO2. The molecule has 1 N–H and O–H groups in total. The van der Waals surface area contributed by atoms with Gasteiger partial charge in [-0.05, 0) is 31.6 Å². The summed E-state index contributed by atoms with van der Waals surface area (Å²) >= 11 is 0. The molecule has 1 saturated carbocycles. The van der Waals surface area contributed by atoms with Crippen molar-refractivity contribution >= 4 is 6.09 Å². The average molecular weight is 185 g/mol. The third-order valence-electron chi connectivity index (χ3n) is 2.71. The van der Waals surface area contributed by atoms with Crippen LogP contribution in [0.2, 0.25) is 0 Å². The zero-order chi connectivity index (χ0) is 9.84. The van der Waals surface area contributed by atoms with E-state index in [1.807, 2.05) is 6.92 Å². The SMILES string of the molecule is CCOC(=O)NC1CC(C(C)C)C1. The molecule has 1 amide bonds. The second-order valence-corrected chi connectivity index (χ2v) is 4.04. The maximum atomic E-state index is 11.0. The molecule has 0 unspecified atom stereocenters. The van der Waals surface area contributed by atoms with Crippen LogP contribution in [0.1, 0.15) is 33.6 Å². The quantitative estimate of drug-likeness (QED) is 0.731. The first-order chi connectivity index (χ1) is 6.13. The molecule has 0 aliphatic heterocycles. The first-order valence-electron chi connectivity index (χ1n) is 5.06. The normalized spacial score (nSPS) is 26.8. The van der Waals surface area contributed by atoms with Crippen LogP contribution in [0.4, 0.5) is 4.79 Å². The molecule has 3 heteroatoms. The maximum absolute atomic E-state index is 11.0. The minimum atomic E-state index is -0.269. The van der Waals surface area contributed by atoms with Gasteiger partial charge in [-0.3, -0.25) is 0 Å². The molecule has 0 atom stereocenters. The molecule has 76 valence electrons. The Morgan fingerprint density at radius 3 is 2.62 bits per heavy atom. The summed E-state index contributed by atoms with van der Waals surface area (Å²) in [6.07, 6.45) is 1.95. The molecule has 0 heterocycles. The standard InChI is InChI=1S/C10H19NO2/c1-4-13-10(12)11-9-5-8(6-9)7(2)3/h7-9H,4-6H2,1-3H3,(H,11,12).